The summed E-state index contributed by atoms with van der Waals surface area (Å²) in [6, 6.07) is 5.88. The normalized spacial score (nSPS) is 9.85. The van der Waals surface area contributed by atoms with Crippen LogP contribution in [0.25, 0.3) is 0 Å². The minimum absolute atomic E-state index is 0.0322. The predicted molar refractivity (Wildman–Crippen MR) is 71.1 cm³/mol. The van der Waals surface area contributed by atoms with Crippen molar-refractivity contribution >= 4 is 17.6 Å². The molecule has 1 aromatic carbocycles. The Labute approximate surface area is 116 Å². The number of benzene rings is 1. The number of hydrogen-bond acceptors (Lipinski definition) is 5. The summed E-state index contributed by atoms with van der Waals surface area (Å²) < 4.78 is 4.72. The highest BCUT2D eigenvalue weighted by Gasteiger charge is 2.09. The summed E-state index contributed by atoms with van der Waals surface area (Å²) in [4.78, 5) is 32.7. The fraction of sp³-hybridized carbons (Fsp3) is 0.385. The molecule has 0 aliphatic carbocycles. The van der Waals surface area contributed by atoms with Crippen LogP contribution in [0.2, 0.25) is 0 Å². The summed E-state index contributed by atoms with van der Waals surface area (Å²) in [7, 11) is 0. The number of hydrogen-bond donors (Lipinski definition) is 1. The van der Waals surface area contributed by atoms with Gasteiger partial charge in [0.15, 0.2) is 0 Å². The van der Waals surface area contributed by atoms with E-state index in [0.29, 0.717) is 12.2 Å². The fourth-order valence-corrected chi connectivity index (χ4v) is 1.57. The van der Waals surface area contributed by atoms with Crippen LogP contribution >= 0.6 is 0 Å². The Kier molecular flexibility index (Phi) is 6.15. The number of esters is 1. The SMILES string of the molecule is CCOC(=O)CCNC(=O)Cc1cccc([N+](=O)[O-])c1. The van der Waals surface area contributed by atoms with Gasteiger partial charge >= 0.3 is 5.97 Å². The lowest BCUT2D eigenvalue weighted by molar-refractivity contribution is -0.384. The zero-order valence-corrected chi connectivity index (χ0v) is 11.1. The molecule has 0 fully saturated rings. The molecule has 0 bridgehead atoms. The van der Waals surface area contributed by atoms with Crippen LogP contribution in [0.4, 0.5) is 5.69 Å². The number of nitrogens with zero attached hydrogens (tertiary/aromatic N) is 1. The van der Waals surface area contributed by atoms with E-state index in [2.05, 4.69) is 5.32 Å². The standard InChI is InChI=1S/C13H16N2O5/c1-2-20-13(17)6-7-14-12(16)9-10-4-3-5-11(8-10)15(18)19/h3-5,8H,2,6-7,9H2,1H3,(H,14,16). The summed E-state index contributed by atoms with van der Waals surface area (Å²) in [5, 5.41) is 13.2. The molecule has 1 rings (SSSR count). The van der Waals surface area contributed by atoms with Gasteiger partial charge in [-0.05, 0) is 12.5 Å². The first kappa shape index (κ1) is 15.6. The number of carbonyl (C=O) groups excluding carboxylic acids is 2. The van der Waals surface area contributed by atoms with Gasteiger partial charge in [0.25, 0.3) is 5.69 Å². The van der Waals surface area contributed by atoms with Crippen molar-refractivity contribution in [2.75, 3.05) is 13.2 Å². The van der Waals surface area contributed by atoms with E-state index in [-0.39, 0.29) is 37.0 Å². The maximum Gasteiger partial charge on any atom is 0.307 e. The highest BCUT2D eigenvalue weighted by atomic mass is 16.6. The first-order chi connectivity index (χ1) is 9.52. The number of ether oxygens (including phenoxy) is 1. The molecule has 1 N–H and O–H groups in total. The molecule has 0 saturated heterocycles. The second-order valence-electron chi connectivity index (χ2n) is 4.01. The van der Waals surface area contributed by atoms with Crippen LogP contribution in [-0.4, -0.2) is 30.0 Å². The van der Waals surface area contributed by atoms with Crippen molar-refractivity contribution in [1.29, 1.82) is 0 Å². The van der Waals surface area contributed by atoms with Gasteiger partial charge in [-0.2, -0.15) is 0 Å². The third-order valence-corrected chi connectivity index (χ3v) is 2.44. The first-order valence-corrected chi connectivity index (χ1v) is 6.18. The van der Waals surface area contributed by atoms with E-state index in [1.54, 1.807) is 13.0 Å². The minimum atomic E-state index is -0.512. The average molecular weight is 280 g/mol. The quantitative estimate of drug-likeness (QED) is 0.460. The monoisotopic (exact) mass is 280 g/mol. The molecule has 0 aromatic heterocycles. The van der Waals surface area contributed by atoms with Crippen molar-refractivity contribution in [3.05, 3.63) is 39.9 Å². The summed E-state index contributed by atoms with van der Waals surface area (Å²) in [5.74, 6) is -0.669. The molecule has 0 atom stereocenters. The Morgan fingerprint density at radius 2 is 2.15 bits per heavy atom. The second-order valence-corrected chi connectivity index (χ2v) is 4.01. The maximum absolute atomic E-state index is 11.6. The molecule has 0 radical (unpaired) electrons. The predicted octanol–water partition coefficient (Wildman–Crippen LogP) is 1.21. The first-order valence-electron chi connectivity index (χ1n) is 6.18. The molecule has 108 valence electrons. The van der Waals surface area contributed by atoms with Gasteiger partial charge in [0.2, 0.25) is 5.91 Å². The van der Waals surface area contributed by atoms with Crippen molar-refractivity contribution in [3.63, 3.8) is 0 Å². The molecule has 7 heteroatoms. The largest absolute Gasteiger partial charge is 0.466 e. The average Bonchev–Trinajstić information content (AvgIpc) is 2.39. The number of amides is 1. The van der Waals surface area contributed by atoms with Gasteiger partial charge < -0.3 is 10.1 Å². The van der Waals surface area contributed by atoms with Crippen molar-refractivity contribution in [2.24, 2.45) is 0 Å². The van der Waals surface area contributed by atoms with Crippen molar-refractivity contribution in [2.45, 2.75) is 19.8 Å². The third kappa shape index (κ3) is 5.47. The van der Waals surface area contributed by atoms with Gasteiger partial charge in [0.1, 0.15) is 0 Å². The molecule has 7 nitrogen and oxygen atoms in total. The lowest BCUT2D eigenvalue weighted by Crippen LogP contribution is -2.27. The molecular formula is C13H16N2O5. The van der Waals surface area contributed by atoms with Crippen molar-refractivity contribution in [3.8, 4) is 0 Å². The van der Waals surface area contributed by atoms with E-state index in [0.717, 1.165) is 0 Å². The summed E-state index contributed by atoms with van der Waals surface area (Å²) >= 11 is 0. The molecule has 1 aromatic rings. The van der Waals surface area contributed by atoms with E-state index < -0.39 is 4.92 Å². The molecule has 0 unspecified atom stereocenters. The Hall–Kier alpha value is -2.44. The summed E-state index contributed by atoms with van der Waals surface area (Å²) in [6.07, 6.45) is 0.138. The van der Waals surface area contributed by atoms with Gasteiger partial charge in [0, 0.05) is 18.7 Å². The van der Waals surface area contributed by atoms with Crippen molar-refractivity contribution in [1.82, 2.24) is 5.32 Å². The molecule has 1 amide bonds. The lowest BCUT2D eigenvalue weighted by Gasteiger charge is -2.05. The lowest BCUT2D eigenvalue weighted by atomic mass is 10.1. The second kappa shape index (κ2) is 7.88. The van der Waals surface area contributed by atoms with Gasteiger partial charge in [-0.25, -0.2) is 0 Å². The van der Waals surface area contributed by atoms with Crippen LogP contribution in [0.5, 0.6) is 0 Å². The highest BCUT2D eigenvalue weighted by Crippen LogP contribution is 2.13. The molecule has 0 heterocycles. The molecule has 0 aliphatic heterocycles. The van der Waals surface area contributed by atoms with Gasteiger partial charge in [-0.3, -0.25) is 19.7 Å². The topological polar surface area (TPSA) is 98.5 Å². The molecule has 20 heavy (non-hydrogen) atoms. The smallest absolute Gasteiger partial charge is 0.307 e. The van der Waals surface area contributed by atoms with E-state index in [4.69, 9.17) is 4.74 Å². The Morgan fingerprint density at radius 1 is 1.40 bits per heavy atom. The molecule has 0 saturated carbocycles. The van der Waals surface area contributed by atoms with Crippen LogP contribution in [0.1, 0.15) is 18.9 Å². The van der Waals surface area contributed by atoms with Crippen LogP contribution < -0.4 is 5.32 Å². The Bertz CT molecular complexity index is 501. The van der Waals surface area contributed by atoms with Crippen LogP contribution in [0.3, 0.4) is 0 Å². The zero-order valence-electron chi connectivity index (χ0n) is 11.1. The van der Waals surface area contributed by atoms with E-state index in [1.165, 1.54) is 18.2 Å². The number of non-ortho nitro benzene ring substituents is 1. The Morgan fingerprint density at radius 3 is 2.80 bits per heavy atom. The van der Waals surface area contributed by atoms with Gasteiger partial charge in [0.05, 0.1) is 24.4 Å². The minimum Gasteiger partial charge on any atom is -0.466 e. The van der Waals surface area contributed by atoms with Crippen molar-refractivity contribution < 1.29 is 19.2 Å². The summed E-state index contributed by atoms with van der Waals surface area (Å²) in [6.45, 7) is 2.20. The van der Waals surface area contributed by atoms with E-state index in [9.17, 15) is 19.7 Å². The Balaban J connectivity index is 2.41. The number of nitro groups is 1. The van der Waals surface area contributed by atoms with Crippen LogP contribution in [-0.2, 0) is 20.7 Å². The van der Waals surface area contributed by atoms with Gasteiger partial charge in [-0.15, -0.1) is 0 Å². The van der Waals surface area contributed by atoms with E-state index >= 15 is 0 Å². The molecule has 0 spiro atoms. The number of nitrogens with one attached hydrogen (secondary N) is 1. The number of nitro benzene ring substituents is 1. The van der Waals surface area contributed by atoms with E-state index in [1.807, 2.05) is 0 Å². The maximum atomic E-state index is 11.6. The molecule has 0 aliphatic rings. The van der Waals surface area contributed by atoms with Gasteiger partial charge in [-0.1, -0.05) is 12.1 Å². The highest BCUT2D eigenvalue weighted by molar-refractivity contribution is 5.79. The fourth-order valence-electron chi connectivity index (χ4n) is 1.57. The summed E-state index contributed by atoms with van der Waals surface area (Å²) in [5.41, 5.74) is 0.495. The molecular weight excluding hydrogens is 264 g/mol. The number of rotatable bonds is 7. The number of carbonyl (C=O) groups is 2. The zero-order chi connectivity index (χ0) is 15.0. The van der Waals surface area contributed by atoms with Crippen LogP contribution in [0, 0.1) is 10.1 Å². The third-order valence-electron chi connectivity index (χ3n) is 2.44. The van der Waals surface area contributed by atoms with Crippen LogP contribution in [0.15, 0.2) is 24.3 Å².